The van der Waals surface area contributed by atoms with E-state index in [9.17, 15) is 13.2 Å². The van der Waals surface area contributed by atoms with Crippen LogP contribution in [0.5, 0.6) is 0 Å². The van der Waals surface area contributed by atoms with Crippen LogP contribution in [0.1, 0.15) is 12.6 Å². The quantitative estimate of drug-likeness (QED) is 0.812. The Morgan fingerprint density at radius 1 is 1.32 bits per heavy atom. The van der Waals surface area contributed by atoms with Gasteiger partial charge in [0.15, 0.2) is 0 Å². The zero-order chi connectivity index (χ0) is 14.2. The molecular weight excluding hydrogens is 344 g/mol. The van der Waals surface area contributed by atoms with Crippen LogP contribution in [0.3, 0.4) is 0 Å². The average molecular weight is 354 g/mol. The summed E-state index contributed by atoms with van der Waals surface area (Å²) < 4.78 is 39.1. The van der Waals surface area contributed by atoms with Crippen LogP contribution in [0.4, 0.5) is 18.9 Å². The second kappa shape index (κ2) is 5.17. The second-order valence-electron chi connectivity index (χ2n) is 3.87. The van der Waals surface area contributed by atoms with Crippen LogP contribution in [0, 0.1) is 0 Å². The van der Waals surface area contributed by atoms with Crippen molar-refractivity contribution in [3.8, 4) is 0 Å². The van der Waals surface area contributed by atoms with Gasteiger partial charge in [-0.3, -0.25) is 0 Å². The van der Waals surface area contributed by atoms with E-state index < -0.39 is 11.9 Å². The summed E-state index contributed by atoms with van der Waals surface area (Å²) in [7, 11) is 0. The van der Waals surface area contributed by atoms with Crippen LogP contribution in [-0.4, -0.2) is 11.5 Å². The summed E-state index contributed by atoms with van der Waals surface area (Å²) in [6.07, 6.45) is -4.51. The minimum atomic E-state index is -4.51. The highest BCUT2D eigenvalue weighted by atomic mass is 79.9. The number of hydrogen-bond acceptors (Lipinski definition) is 2. The molecule has 0 unspecified atom stereocenters. The van der Waals surface area contributed by atoms with E-state index in [0.29, 0.717) is 22.1 Å². The Bertz CT molecular complexity index is 628. The maximum absolute atomic E-state index is 12.8. The van der Waals surface area contributed by atoms with Crippen molar-refractivity contribution in [2.45, 2.75) is 13.1 Å². The SMILES string of the molecule is CCNc1cc(C(F)(F)F)nc2c(Cl)cc(Br)cc12. The predicted molar refractivity (Wildman–Crippen MR) is 73.6 cm³/mol. The Kier molecular flexibility index (Phi) is 3.92. The third-order valence-electron chi connectivity index (χ3n) is 2.49. The normalized spacial score (nSPS) is 11.9. The maximum atomic E-state index is 12.8. The van der Waals surface area contributed by atoms with Crippen LogP contribution in [0.2, 0.25) is 5.02 Å². The highest BCUT2D eigenvalue weighted by molar-refractivity contribution is 9.10. The number of nitrogens with zero attached hydrogens (tertiary/aromatic N) is 1. The Morgan fingerprint density at radius 2 is 2.00 bits per heavy atom. The molecule has 0 saturated carbocycles. The molecule has 0 fully saturated rings. The molecule has 0 spiro atoms. The lowest BCUT2D eigenvalue weighted by Crippen LogP contribution is -2.10. The first-order chi connectivity index (χ1) is 8.82. The van der Waals surface area contributed by atoms with E-state index in [1.807, 2.05) is 0 Å². The van der Waals surface area contributed by atoms with Crippen LogP contribution in [0.25, 0.3) is 10.9 Å². The monoisotopic (exact) mass is 352 g/mol. The van der Waals surface area contributed by atoms with E-state index in [2.05, 4.69) is 26.2 Å². The second-order valence-corrected chi connectivity index (χ2v) is 5.19. The molecule has 2 rings (SSSR count). The van der Waals surface area contributed by atoms with Crippen molar-refractivity contribution in [2.75, 3.05) is 11.9 Å². The molecule has 1 N–H and O–H groups in total. The van der Waals surface area contributed by atoms with Crippen LogP contribution in [-0.2, 0) is 6.18 Å². The topological polar surface area (TPSA) is 24.9 Å². The van der Waals surface area contributed by atoms with Gasteiger partial charge in [0.1, 0.15) is 5.69 Å². The van der Waals surface area contributed by atoms with Crippen LogP contribution >= 0.6 is 27.5 Å². The fourth-order valence-corrected chi connectivity index (χ4v) is 2.59. The first-order valence-corrected chi connectivity index (χ1v) is 6.61. The molecule has 1 aromatic carbocycles. The summed E-state index contributed by atoms with van der Waals surface area (Å²) in [5, 5.41) is 3.62. The molecule has 19 heavy (non-hydrogen) atoms. The fraction of sp³-hybridized carbons (Fsp3) is 0.250. The standard InChI is InChI=1S/C12H9BrClF3N2/c1-2-18-9-5-10(12(15,16)17)19-11-7(9)3-6(13)4-8(11)14/h3-5H,2H2,1H3,(H,18,19). The molecule has 0 aliphatic heterocycles. The molecule has 0 amide bonds. The van der Waals surface area contributed by atoms with Gasteiger partial charge in [0.05, 0.1) is 10.5 Å². The number of hydrogen-bond donors (Lipinski definition) is 1. The van der Waals surface area contributed by atoms with Crippen molar-refractivity contribution in [1.82, 2.24) is 4.98 Å². The first-order valence-electron chi connectivity index (χ1n) is 5.43. The van der Waals surface area contributed by atoms with E-state index in [0.717, 1.165) is 6.07 Å². The summed E-state index contributed by atoms with van der Waals surface area (Å²) in [5.74, 6) is 0. The van der Waals surface area contributed by atoms with Crippen molar-refractivity contribution in [1.29, 1.82) is 0 Å². The number of fused-ring (bicyclic) bond motifs is 1. The van der Waals surface area contributed by atoms with Gasteiger partial charge in [-0.1, -0.05) is 27.5 Å². The van der Waals surface area contributed by atoms with Crippen molar-refractivity contribution in [3.05, 3.63) is 33.4 Å². The molecule has 102 valence electrons. The Morgan fingerprint density at radius 3 is 2.58 bits per heavy atom. The van der Waals surface area contributed by atoms with E-state index >= 15 is 0 Å². The van der Waals surface area contributed by atoms with Crippen LogP contribution < -0.4 is 5.32 Å². The summed E-state index contributed by atoms with van der Waals surface area (Å²) in [6, 6.07) is 4.20. The molecular formula is C12H9BrClF3N2. The van der Waals surface area contributed by atoms with Gasteiger partial charge < -0.3 is 5.32 Å². The van der Waals surface area contributed by atoms with Gasteiger partial charge in [0.25, 0.3) is 0 Å². The fourth-order valence-electron chi connectivity index (χ4n) is 1.73. The van der Waals surface area contributed by atoms with Crippen molar-refractivity contribution in [3.63, 3.8) is 0 Å². The van der Waals surface area contributed by atoms with Gasteiger partial charge in [0.2, 0.25) is 0 Å². The summed E-state index contributed by atoms with van der Waals surface area (Å²) >= 11 is 9.23. The Balaban J connectivity index is 2.79. The molecule has 7 heteroatoms. The van der Waals surface area contributed by atoms with Gasteiger partial charge in [-0.2, -0.15) is 13.2 Å². The molecule has 0 bridgehead atoms. The molecule has 2 aromatic rings. The predicted octanol–water partition coefficient (Wildman–Crippen LogP) is 5.10. The number of pyridine rings is 1. The molecule has 0 atom stereocenters. The molecule has 0 saturated heterocycles. The van der Waals surface area contributed by atoms with E-state index in [4.69, 9.17) is 11.6 Å². The van der Waals surface area contributed by atoms with Gasteiger partial charge in [-0.15, -0.1) is 0 Å². The molecule has 0 aliphatic rings. The molecule has 1 aromatic heterocycles. The van der Waals surface area contributed by atoms with Gasteiger partial charge in [-0.25, -0.2) is 4.98 Å². The first kappa shape index (κ1) is 14.4. The maximum Gasteiger partial charge on any atom is 0.433 e. The molecule has 2 nitrogen and oxygen atoms in total. The number of halogens is 5. The lowest BCUT2D eigenvalue weighted by molar-refractivity contribution is -0.140. The van der Waals surface area contributed by atoms with E-state index in [1.54, 1.807) is 13.0 Å². The summed E-state index contributed by atoms with van der Waals surface area (Å²) in [4.78, 5) is 3.61. The molecule has 0 radical (unpaired) electrons. The Hall–Kier alpha value is -1.01. The lowest BCUT2D eigenvalue weighted by atomic mass is 10.1. The van der Waals surface area contributed by atoms with Crippen molar-refractivity contribution in [2.24, 2.45) is 0 Å². The molecule has 0 aliphatic carbocycles. The van der Waals surface area contributed by atoms with Crippen molar-refractivity contribution >= 4 is 44.1 Å². The van der Waals surface area contributed by atoms with E-state index in [1.165, 1.54) is 6.07 Å². The van der Waals surface area contributed by atoms with Gasteiger partial charge in [-0.05, 0) is 25.1 Å². The number of benzene rings is 1. The number of rotatable bonds is 2. The molecule has 1 heterocycles. The average Bonchev–Trinajstić information content (AvgIpc) is 2.28. The smallest absolute Gasteiger partial charge is 0.385 e. The lowest BCUT2D eigenvalue weighted by Gasteiger charge is -2.13. The van der Waals surface area contributed by atoms with Gasteiger partial charge in [0, 0.05) is 22.1 Å². The van der Waals surface area contributed by atoms with E-state index in [-0.39, 0.29) is 10.5 Å². The minimum Gasteiger partial charge on any atom is -0.385 e. The third kappa shape index (κ3) is 2.95. The zero-order valence-corrected chi connectivity index (χ0v) is 12.1. The van der Waals surface area contributed by atoms with Crippen molar-refractivity contribution < 1.29 is 13.2 Å². The largest absolute Gasteiger partial charge is 0.433 e. The highest BCUT2D eigenvalue weighted by Crippen LogP contribution is 2.36. The number of alkyl halides is 3. The number of aromatic nitrogens is 1. The zero-order valence-electron chi connectivity index (χ0n) is 9.78. The number of anilines is 1. The highest BCUT2D eigenvalue weighted by Gasteiger charge is 2.33. The number of nitrogens with one attached hydrogen (secondary N) is 1. The minimum absolute atomic E-state index is 0.135. The van der Waals surface area contributed by atoms with Gasteiger partial charge >= 0.3 is 6.18 Å². The third-order valence-corrected chi connectivity index (χ3v) is 3.24. The summed E-state index contributed by atoms with van der Waals surface area (Å²) in [6.45, 7) is 2.31. The van der Waals surface area contributed by atoms with Crippen LogP contribution in [0.15, 0.2) is 22.7 Å². The Labute approximate surface area is 121 Å². The summed E-state index contributed by atoms with van der Waals surface area (Å²) in [5.41, 5.74) is -0.459.